The predicted octanol–water partition coefficient (Wildman–Crippen LogP) is 4.32. The molecule has 2 heterocycles. The van der Waals surface area contributed by atoms with Crippen LogP contribution < -0.4 is 9.64 Å². The third-order valence-corrected chi connectivity index (χ3v) is 8.81. The average molecular weight is 505 g/mol. The maximum Gasteiger partial charge on any atom is 0.253 e. The molecule has 0 aliphatic carbocycles. The molecule has 0 saturated carbocycles. The number of amides is 2. The van der Waals surface area contributed by atoms with Gasteiger partial charge in [0.15, 0.2) is 0 Å². The molecule has 1 saturated heterocycles. The highest BCUT2D eigenvalue weighted by molar-refractivity contribution is 7.91. The summed E-state index contributed by atoms with van der Waals surface area (Å²) in [5, 5.41) is 2.03. The van der Waals surface area contributed by atoms with Crippen LogP contribution in [0.25, 0.3) is 0 Å². The van der Waals surface area contributed by atoms with E-state index < -0.39 is 27.9 Å². The Bertz CT molecular complexity index is 1260. The van der Waals surface area contributed by atoms with E-state index in [1.807, 2.05) is 6.92 Å². The van der Waals surface area contributed by atoms with E-state index in [0.717, 1.165) is 20.5 Å². The molecule has 10 heteroatoms. The number of ether oxygens (including phenoxy) is 1. The van der Waals surface area contributed by atoms with E-state index in [-0.39, 0.29) is 17.2 Å². The predicted molar refractivity (Wildman–Crippen MR) is 127 cm³/mol. The highest BCUT2D eigenvalue weighted by Gasteiger charge is 2.47. The van der Waals surface area contributed by atoms with Crippen LogP contribution in [0, 0.1) is 0 Å². The Morgan fingerprint density at radius 3 is 2.45 bits per heavy atom. The summed E-state index contributed by atoms with van der Waals surface area (Å²) in [4.78, 5) is 27.3. The smallest absolute Gasteiger partial charge is 0.253 e. The van der Waals surface area contributed by atoms with Crippen LogP contribution in [-0.2, 0) is 26.2 Å². The van der Waals surface area contributed by atoms with Gasteiger partial charge in [0, 0.05) is 11.6 Å². The number of benzene rings is 2. The fraction of sp³-hybridized carbons (Fsp3) is 0.217. The zero-order chi connectivity index (χ0) is 23.6. The summed E-state index contributed by atoms with van der Waals surface area (Å²) < 4.78 is 33.6. The van der Waals surface area contributed by atoms with E-state index in [1.54, 1.807) is 60.0 Å². The van der Waals surface area contributed by atoms with Crippen LogP contribution in [0.3, 0.4) is 0 Å². The number of nitrogens with zero attached hydrogens (tertiary/aromatic N) is 2. The van der Waals surface area contributed by atoms with Gasteiger partial charge in [-0.25, -0.2) is 13.3 Å². The fourth-order valence-corrected chi connectivity index (χ4v) is 6.53. The molecule has 33 heavy (non-hydrogen) atoms. The van der Waals surface area contributed by atoms with Gasteiger partial charge in [0.1, 0.15) is 16.0 Å². The first kappa shape index (κ1) is 23.4. The Morgan fingerprint density at radius 1 is 1.09 bits per heavy atom. The Morgan fingerprint density at radius 2 is 1.82 bits per heavy atom. The van der Waals surface area contributed by atoms with Crippen molar-refractivity contribution in [2.75, 3.05) is 11.5 Å². The summed E-state index contributed by atoms with van der Waals surface area (Å²) in [5.41, 5.74) is 0.904. The van der Waals surface area contributed by atoms with E-state index in [0.29, 0.717) is 28.6 Å². The van der Waals surface area contributed by atoms with Crippen molar-refractivity contribution in [3.05, 3.63) is 76.6 Å². The number of halogens is 1. The van der Waals surface area contributed by atoms with Gasteiger partial charge in [-0.3, -0.25) is 9.59 Å². The van der Waals surface area contributed by atoms with Crippen molar-refractivity contribution in [3.63, 3.8) is 0 Å². The standard InChI is InChI=1S/C23H21ClN2O5S2/c1-2-31-18-11-9-17(10-12-18)26-21(27)14-20(23(26)28)25(15-16-6-3-4-7-19(16)24)33(29,30)22-8-5-13-32-22/h3-13,20H,2,14-15H2,1H3. The Labute approximate surface area is 201 Å². The van der Waals surface area contributed by atoms with Gasteiger partial charge in [-0.1, -0.05) is 35.9 Å². The quantitative estimate of drug-likeness (QED) is 0.426. The Kier molecular flexibility index (Phi) is 6.85. The average Bonchev–Trinajstić information content (AvgIpc) is 3.43. The van der Waals surface area contributed by atoms with Crippen molar-refractivity contribution >= 4 is 50.5 Å². The lowest BCUT2D eigenvalue weighted by Gasteiger charge is -2.26. The highest BCUT2D eigenvalue weighted by atomic mass is 35.5. The maximum atomic E-state index is 13.5. The summed E-state index contributed by atoms with van der Waals surface area (Å²) in [7, 11) is -4.06. The second-order valence-electron chi connectivity index (χ2n) is 7.29. The number of rotatable bonds is 8. The number of carbonyl (C=O) groups is 2. The zero-order valence-corrected chi connectivity index (χ0v) is 20.1. The van der Waals surface area contributed by atoms with Crippen LogP contribution in [0.4, 0.5) is 5.69 Å². The second kappa shape index (κ2) is 9.64. The molecule has 1 atom stereocenters. The number of thiophene rings is 1. The lowest BCUT2D eigenvalue weighted by atomic mass is 10.2. The fourth-order valence-electron chi connectivity index (χ4n) is 3.65. The lowest BCUT2D eigenvalue weighted by Crippen LogP contribution is -2.44. The van der Waals surface area contributed by atoms with Gasteiger partial charge >= 0.3 is 0 Å². The van der Waals surface area contributed by atoms with Gasteiger partial charge in [-0.15, -0.1) is 11.3 Å². The molecule has 2 amide bonds. The van der Waals surface area contributed by atoms with E-state index in [4.69, 9.17) is 16.3 Å². The SMILES string of the molecule is CCOc1ccc(N2C(=O)CC(N(Cc3ccccc3Cl)S(=O)(=O)c3cccs3)C2=O)cc1. The van der Waals surface area contributed by atoms with E-state index in [1.165, 1.54) is 6.07 Å². The topological polar surface area (TPSA) is 84.0 Å². The third-order valence-electron chi connectivity index (χ3n) is 5.22. The molecular weight excluding hydrogens is 484 g/mol. The highest BCUT2D eigenvalue weighted by Crippen LogP contribution is 2.33. The monoisotopic (exact) mass is 504 g/mol. The van der Waals surface area contributed by atoms with Crippen molar-refractivity contribution < 1.29 is 22.7 Å². The molecule has 0 bridgehead atoms. The number of imide groups is 1. The summed E-state index contributed by atoms with van der Waals surface area (Å²) in [5.74, 6) is -0.464. The lowest BCUT2D eigenvalue weighted by molar-refractivity contribution is -0.122. The molecule has 0 spiro atoms. The number of sulfonamides is 1. The summed E-state index contributed by atoms with van der Waals surface area (Å²) >= 11 is 7.34. The number of carbonyl (C=O) groups excluding carboxylic acids is 2. The first-order valence-electron chi connectivity index (χ1n) is 10.2. The van der Waals surface area contributed by atoms with Crippen LogP contribution in [0.2, 0.25) is 5.02 Å². The van der Waals surface area contributed by atoms with Crippen molar-refractivity contribution in [2.24, 2.45) is 0 Å². The molecule has 1 unspecified atom stereocenters. The van der Waals surface area contributed by atoms with Crippen LogP contribution in [0.5, 0.6) is 5.75 Å². The molecule has 1 aromatic heterocycles. The molecule has 3 aromatic rings. The summed E-state index contributed by atoms with van der Waals surface area (Å²) in [6.45, 7) is 2.20. The molecule has 1 aliphatic rings. The normalized spacial score (nSPS) is 16.6. The minimum atomic E-state index is -4.06. The summed E-state index contributed by atoms with van der Waals surface area (Å²) in [6, 6.07) is 15.3. The Hall–Kier alpha value is -2.72. The first-order valence-corrected chi connectivity index (χ1v) is 12.9. The molecule has 4 rings (SSSR count). The molecule has 2 aromatic carbocycles. The minimum Gasteiger partial charge on any atom is -0.494 e. The molecular formula is C23H21ClN2O5S2. The second-order valence-corrected chi connectivity index (χ2v) is 10.8. The van der Waals surface area contributed by atoms with Gasteiger partial charge in [-0.2, -0.15) is 4.31 Å². The third kappa shape index (κ3) is 4.67. The number of anilines is 1. The van der Waals surface area contributed by atoms with Gasteiger partial charge in [0.2, 0.25) is 5.91 Å². The number of hydrogen-bond donors (Lipinski definition) is 0. The van der Waals surface area contributed by atoms with Crippen molar-refractivity contribution in [1.82, 2.24) is 4.31 Å². The van der Waals surface area contributed by atoms with Crippen LogP contribution >= 0.6 is 22.9 Å². The van der Waals surface area contributed by atoms with Crippen LogP contribution in [0.1, 0.15) is 18.9 Å². The first-order chi connectivity index (χ1) is 15.8. The Balaban J connectivity index is 1.70. The van der Waals surface area contributed by atoms with Crippen molar-refractivity contribution in [3.8, 4) is 5.75 Å². The van der Waals surface area contributed by atoms with Crippen LogP contribution in [-0.4, -0.2) is 37.2 Å². The molecule has 1 fully saturated rings. The van der Waals surface area contributed by atoms with Gasteiger partial charge in [-0.05, 0) is 54.3 Å². The minimum absolute atomic E-state index is 0.0920. The van der Waals surface area contributed by atoms with Crippen molar-refractivity contribution in [2.45, 2.75) is 30.1 Å². The van der Waals surface area contributed by atoms with E-state index in [9.17, 15) is 18.0 Å². The van der Waals surface area contributed by atoms with Gasteiger partial charge < -0.3 is 4.74 Å². The van der Waals surface area contributed by atoms with E-state index in [2.05, 4.69) is 0 Å². The molecule has 172 valence electrons. The van der Waals surface area contributed by atoms with Crippen molar-refractivity contribution in [1.29, 1.82) is 0 Å². The largest absolute Gasteiger partial charge is 0.494 e. The van der Waals surface area contributed by atoms with E-state index >= 15 is 0 Å². The molecule has 7 nitrogen and oxygen atoms in total. The zero-order valence-electron chi connectivity index (χ0n) is 17.7. The number of hydrogen-bond acceptors (Lipinski definition) is 6. The summed E-state index contributed by atoms with van der Waals surface area (Å²) in [6.07, 6.45) is -0.263. The van der Waals surface area contributed by atoms with Gasteiger partial charge in [0.05, 0.1) is 18.7 Å². The van der Waals surface area contributed by atoms with Gasteiger partial charge in [0.25, 0.3) is 15.9 Å². The molecule has 0 radical (unpaired) electrons. The molecule has 1 aliphatic heterocycles. The van der Waals surface area contributed by atoms with Crippen LogP contribution in [0.15, 0.2) is 70.3 Å². The maximum absolute atomic E-state index is 13.5. The molecule has 0 N–H and O–H groups in total.